The summed E-state index contributed by atoms with van der Waals surface area (Å²) in [4.78, 5) is 33.5. The molecule has 1 unspecified atom stereocenters. The molecule has 1 saturated heterocycles. The van der Waals surface area contributed by atoms with E-state index in [1.165, 1.54) is 5.39 Å². The summed E-state index contributed by atoms with van der Waals surface area (Å²) in [6, 6.07) is 29.3. The third-order valence-corrected chi connectivity index (χ3v) is 8.04. The van der Waals surface area contributed by atoms with Gasteiger partial charge in [0, 0.05) is 42.6 Å². The Kier molecular flexibility index (Phi) is 7.51. The summed E-state index contributed by atoms with van der Waals surface area (Å²) in [6.45, 7) is 1.44. The molecule has 6 nitrogen and oxygen atoms in total. The zero-order chi connectivity index (χ0) is 27.5. The molecule has 0 saturated carbocycles. The predicted octanol–water partition coefficient (Wildman–Crippen LogP) is 5.78. The second-order valence-corrected chi connectivity index (χ2v) is 10.7. The highest BCUT2D eigenvalue weighted by Crippen LogP contribution is 2.28. The highest BCUT2D eigenvalue weighted by Gasteiger charge is 2.30. The van der Waals surface area contributed by atoms with E-state index in [1.54, 1.807) is 0 Å². The van der Waals surface area contributed by atoms with Crippen molar-refractivity contribution in [3.63, 3.8) is 0 Å². The minimum absolute atomic E-state index is 0.0480. The van der Waals surface area contributed by atoms with Gasteiger partial charge in [0.25, 0.3) is 5.91 Å². The summed E-state index contributed by atoms with van der Waals surface area (Å²) in [7, 11) is 0. The van der Waals surface area contributed by atoms with Crippen LogP contribution in [0.2, 0.25) is 0 Å². The topological polar surface area (TPSA) is 73.8 Å². The molecule has 7 heteroatoms. The second kappa shape index (κ2) is 11.5. The summed E-state index contributed by atoms with van der Waals surface area (Å²) in [5.41, 5.74) is 4.34. The number of benzodiazepines with no additional fused rings is 1. The molecule has 2 aliphatic heterocycles. The highest BCUT2D eigenvalue weighted by molar-refractivity contribution is 6.17. The van der Waals surface area contributed by atoms with Gasteiger partial charge in [-0.15, -0.1) is 11.6 Å². The van der Waals surface area contributed by atoms with Gasteiger partial charge in [0.15, 0.2) is 0 Å². The molecule has 2 N–H and O–H groups in total. The number of benzene rings is 4. The van der Waals surface area contributed by atoms with Gasteiger partial charge in [-0.05, 0) is 59.0 Å². The zero-order valence-electron chi connectivity index (χ0n) is 22.1. The Morgan fingerprint density at radius 1 is 0.900 bits per heavy atom. The predicted molar refractivity (Wildman–Crippen MR) is 161 cm³/mol. The molecule has 0 spiro atoms. The first kappa shape index (κ1) is 26.1. The van der Waals surface area contributed by atoms with Crippen LogP contribution in [0.15, 0.2) is 96.0 Å². The van der Waals surface area contributed by atoms with Crippen molar-refractivity contribution in [1.82, 2.24) is 10.2 Å². The van der Waals surface area contributed by atoms with Gasteiger partial charge in [0.1, 0.15) is 11.9 Å². The van der Waals surface area contributed by atoms with Crippen LogP contribution in [-0.4, -0.2) is 47.7 Å². The number of fused-ring (bicyclic) bond motifs is 2. The average Bonchev–Trinajstić information content (AvgIpc) is 3.13. The van der Waals surface area contributed by atoms with Gasteiger partial charge in [-0.3, -0.25) is 14.6 Å². The van der Waals surface area contributed by atoms with Crippen LogP contribution in [0, 0.1) is 0 Å². The van der Waals surface area contributed by atoms with E-state index in [2.05, 4.69) is 45.9 Å². The minimum Gasteiger partial charge on any atom is -0.356 e. The molecule has 1 atom stereocenters. The first-order valence-corrected chi connectivity index (χ1v) is 14.3. The number of carbonyl (C=O) groups is 2. The monoisotopic (exact) mass is 550 g/mol. The molecule has 4 aromatic rings. The van der Waals surface area contributed by atoms with Crippen LogP contribution < -0.4 is 10.6 Å². The van der Waals surface area contributed by atoms with Crippen LogP contribution in [-0.2, 0) is 17.1 Å². The van der Waals surface area contributed by atoms with Crippen molar-refractivity contribution in [2.24, 2.45) is 4.99 Å². The number of nitrogens with one attached hydrogen (secondary N) is 2. The van der Waals surface area contributed by atoms with Gasteiger partial charge >= 0.3 is 0 Å². The van der Waals surface area contributed by atoms with Crippen molar-refractivity contribution in [2.45, 2.75) is 37.2 Å². The summed E-state index contributed by atoms with van der Waals surface area (Å²) < 4.78 is 0. The lowest BCUT2D eigenvalue weighted by atomic mass is 10.0. The van der Waals surface area contributed by atoms with Gasteiger partial charge < -0.3 is 15.5 Å². The van der Waals surface area contributed by atoms with Crippen molar-refractivity contribution in [1.29, 1.82) is 0 Å². The number of amides is 2. The number of nitrogens with zero attached hydrogens (tertiary/aromatic N) is 2. The molecule has 202 valence electrons. The molecule has 2 aliphatic rings. The largest absolute Gasteiger partial charge is 0.356 e. The van der Waals surface area contributed by atoms with E-state index in [-0.39, 0.29) is 17.9 Å². The summed E-state index contributed by atoms with van der Waals surface area (Å²) in [5, 5.41) is 8.62. The van der Waals surface area contributed by atoms with E-state index in [0.29, 0.717) is 17.9 Å². The van der Waals surface area contributed by atoms with E-state index in [9.17, 15) is 9.59 Å². The van der Waals surface area contributed by atoms with Crippen LogP contribution in [0.3, 0.4) is 0 Å². The van der Waals surface area contributed by atoms with E-state index in [0.717, 1.165) is 59.5 Å². The van der Waals surface area contributed by atoms with Gasteiger partial charge in [0.2, 0.25) is 5.91 Å². The smallest absolute Gasteiger partial charge is 0.251 e. The normalized spacial score (nSPS) is 17.5. The van der Waals surface area contributed by atoms with Gasteiger partial charge in [-0.1, -0.05) is 66.7 Å². The van der Waals surface area contributed by atoms with E-state index >= 15 is 0 Å². The number of halogens is 1. The maximum absolute atomic E-state index is 13.4. The number of likely N-dealkylation sites (tertiary alicyclic amines) is 1. The van der Waals surface area contributed by atoms with Crippen LogP contribution in [0.5, 0.6) is 0 Å². The van der Waals surface area contributed by atoms with Crippen LogP contribution in [0.4, 0.5) is 5.69 Å². The van der Waals surface area contributed by atoms with Crippen molar-refractivity contribution in [3.05, 3.63) is 113 Å². The van der Waals surface area contributed by atoms with Crippen molar-refractivity contribution >= 4 is 45.7 Å². The number of amidine groups is 1. The van der Waals surface area contributed by atoms with E-state index < -0.39 is 6.04 Å². The standard InChI is InChI=1S/C33H31ClN4O2/c34-21-23-11-13-29-28(19-23)31(38-16-14-27(15-17-38)35-32(39)25-7-2-1-3-8-25)36-30(33(40)37-29)20-22-10-12-24-6-4-5-9-26(24)18-22/h1-13,18-19,27,30H,14-17,20-21H2,(H,35,39)(H,37,40). The second-order valence-electron chi connectivity index (χ2n) is 10.5. The number of piperidine rings is 1. The number of aliphatic imine (C=N–C) groups is 1. The lowest BCUT2D eigenvalue weighted by Crippen LogP contribution is -2.47. The first-order valence-electron chi connectivity index (χ1n) is 13.7. The van der Waals surface area contributed by atoms with Crippen LogP contribution in [0.1, 0.15) is 39.9 Å². The molecule has 0 aliphatic carbocycles. The third kappa shape index (κ3) is 5.58. The Hall–Kier alpha value is -4.16. The number of anilines is 1. The lowest BCUT2D eigenvalue weighted by Gasteiger charge is -2.35. The molecular formula is C33H31ClN4O2. The Morgan fingerprint density at radius 2 is 1.62 bits per heavy atom. The quantitative estimate of drug-likeness (QED) is 0.309. The maximum Gasteiger partial charge on any atom is 0.251 e. The fraction of sp³-hybridized carbons (Fsp3) is 0.242. The minimum atomic E-state index is -0.571. The maximum atomic E-state index is 13.4. The molecule has 0 radical (unpaired) electrons. The van der Waals surface area contributed by atoms with E-state index in [4.69, 9.17) is 16.6 Å². The Labute approximate surface area is 239 Å². The molecule has 1 fully saturated rings. The summed E-state index contributed by atoms with van der Waals surface area (Å²) in [5.74, 6) is 1.02. The van der Waals surface area contributed by atoms with Crippen molar-refractivity contribution < 1.29 is 9.59 Å². The van der Waals surface area contributed by atoms with Crippen molar-refractivity contribution in [2.75, 3.05) is 18.4 Å². The number of hydrogen-bond acceptors (Lipinski definition) is 4. The molecule has 2 heterocycles. The van der Waals surface area contributed by atoms with Crippen molar-refractivity contribution in [3.8, 4) is 0 Å². The number of alkyl halides is 1. The zero-order valence-corrected chi connectivity index (χ0v) is 22.9. The number of rotatable bonds is 5. The fourth-order valence-electron chi connectivity index (χ4n) is 5.53. The summed E-state index contributed by atoms with van der Waals surface area (Å²) >= 11 is 6.19. The Balaban J connectivity index is 1.26. The van der Waals surface area contributed by atoms with Crippen LogP contribution in [0.25, 0.3) is 10.8 Å². The Bertz CT molecular complexity index is 1580. The van der Waals surface area contributed by atoms with Crippen LogP contribution >= 0.6 is 11.6 Å². The molecule has 0 bridgehead atoms. The molecule has 6 rings (SSSR count). The fourth-order valence-corrected chi connectivity index (χ4v) is 5.70. The molecular weight excluding hydrogens is 520 g/mol. The first-order chi connectivity index (χ1) is 19.6. The SMILES string of the molecule is O=C(NC1CCN(C2=NC(Cc3ccc4ccccc4c3)C(=O)Nc3ccc(CCl)cc32)CC1)c1ccccc1. The highest BCUT2D eigenvalue weighted by atomic mass is 35.5. The molecule has 40 heavy (non-hydrogen) atoms. The summed E-state index contributed by atoms with van der Waals surface area (Å²) in [6.07, 6.45) is 2.08. The molecule has 0 aromatic heterocycles. The molecule has 4 aromatic carbocycles. The van der Waals surface area contributed by atoms with Gasteiger partial charge in [0.05, 0.1) is 5.69 Å². The van der Waals surface area contributed by atoms with Gasteiger partial charge in [-0.2, -0.15) is 0 Å². The number of hydrogen-bond donors (Lipinski definition) is 2. The number of carbonyl (C=O) groups excluding carboxylic acids is 2. The Morgan fingerprint density at radius 3 is 2.40 bits per heavy atom. The average molecular weight is 551 g/mol. The lowest BCUT2D eigenvalue weighted by molar-refractivity contribution is -0.117. The third-order valence-electron chi connectivity index (χ3n) is 7.73. The van der Waals surface area contributed by atoms with Gasteiger partial charge in [-0.25, -0.2) is 0 Å². The molecule has 2 amide bonds. The van der Waals surface area contributed by atoms with E-state index in [1.807, 2.05) is 60.7 Å².